The maximum atomic E-state index is 14.5. The lowest BCUT2D eigenvalue weighted by Crippen LogP contribution is -2.50. The van der Waals surface area contributed by atoms with Gasteiger partial charge in [0.15, 0.2) is 11.2 Å². The number of aromatic nitrogens is 2. The summed E-state index contributed by atoms with van der Waals surface area (Å²) in [5.74, 6) is -1.19. The molecule has 3 N–H and O–H groups in total. The normalized spacial score (nSPS) is 11.4. The standard InChI is InChI=1S/C34H32N4O4/c39-23-27(40)17-5-2-6-20-34(26-15-3-1-4-16-26,32(41)37-28-18-7-11-24-13-9-21-35-30(24)28)33(42)38-29-19-8-12-25-14-10-22-36-31(25)29/h1,3-4,7-16,18-19,21-22,39H,2,5-6,17,20,23H2,(H,37,41)(H,38,42). The topological polar surface area (TPSA) is 121 Å². The number of carbonyl (C=O) groups excluding carboxylic acids is 3. The van der Waals surface area contributed by atoms with Crippen LogP contribution in [0.1, 0.15) is 37.7 Å². The van der Waals surface area contributed by atoms with E-state index in [9.17, 15) is 14.4 Å². The molecule has 0 radical (unpaired) electrons. The van der Waals surface area contributed by atoms with Gasteiger partial charge in [-0.15, -0.1) is 0 Å². The van der Waals surface area contributed by atoms with Crippen LogP contribution >= 0.6 is 0 Å². The number of nitrogens with one attached hydrogen (secondary N) is 2. The Labute approximate surface area is 243 Å². The Morgan fingerprint density at radius 3 is 1.74 bits per heavy atom. The molecule has 0 atom stereocenters. The quantitative estimate of drug-likeness (QED) is 0.131. The molecule has 0 unspecified atom stereocenters. The molecule has 0 aliphatic rings. The van der Waals surface area contributed by atoms with E-state index in [4.69, 9.17) is 5.11 Å². The molecule has 5 rings (SSSR count). The van der Waals surface area contributed by atoms with Gasteiger partial charge in [-0.2, -0.15) is 0 Å². The fraction of sp³-hybridized carbons (Fsp3) is 0.206. The summed E-state index contributed by atoms with van der Waals surface area (Å²) in [6.07, 6.45) is 5.41. The molecule has 2 heterocycles. The van der Waals surface area contributed by atoms with Crippen LogP contribution in [0.5, 0.6) is 0 Å². The van der Waals surface area contributed by atoms with Crippen LogP contribution in [0, 0.1) is 0 Å². The number of Topliss-reactive ketones (excluding diaryl/α,β-unsaturated/α-hetero) is 1. The summed E-state index contributed by atoms with van der Waals surface area (Å²) in [6, 6.07) is 27.6. The number of ketones is 1. The van der Waals surface area contributed by atoms with Crippen molar-refractivity contribution in [2.24, 2.45) is 0 Å². The van der Waals surface area contributed by atoms with Crippen LogP contribution in [-0.2, 0) is 19.8 Å². The van der Waals surface area contributed by atoms with Gasteiger partial charge < -0.3 is 15.7 Å². The predicted octanol–water partition coefficient (Wildman–Crippen LogP) is 5.81. The number of carbonyl (C=O) groups is 3. The zero-order chi connectivity index (χ0) is 29.4. The molecule has 2 aromatic heterocycles. The molecule has 5 aromatic rings. The van der Waals surface area contributed by atoms with Gasteiger partial charge >= 0.3 is 0 Å². The number of benzene rings is 3. The molecule has 8 nitrogen and oxygen atoms in total. The van der Waals surface area contributed by atoms with Gasteiger partial charge in [-0.25, -0.2) is 0 Å². The van der Waals surface area contributed by atoms with E-state index >= 15 is 0 Å². The monoisotopic (exact) mass is 560 g/mol. The minimum absolute atomic E-state index is 0.193. The average Bonchev–Trinajstić information content (AvgIpc) is 3.03. The molecule has 3 aromatic carbocycles. The highest BCUT2D eigenvalue weighted by molar-refractivity contribution is 6.21. The van der Waals surface area contributed by atoms with Crippen molar-refractivity contribution in [2.75, 3.05) is 17.2 Å². The number of aliphatic hydroxyl groups is 1. The van der Waals surface area contributed by atoms with Crippen molar-refractivity contribution in [1.29, 1.82) is 0 Å². The van der Waals surface area contributed by atoms with Crippen molar-refractivity contribution in [2.45, 2.75) is 37.5 Å². The zero-order valence-corrected chi connectivity index (χ0v) is 23.1. The van der Waals surface area contributed by atoms with Crippen LogP contribution in [-0.4, -0.2) is 39.3 Å². The third-order valence-corrected chi connectivity index (χ3v) is 7.49. The van der Waals surface area contributed by atoms with E-state index < -0.39 is 23.8 Å². The van der Waals surface area contributed by atoms with Crippen molar-refractivity contribution < 1.29 is 19.5 Å². The minimum atomic E-state index is -1.61. The second kappa shape index (κ2) is 13.1. The SMILES string of the molecule is O=C(CO)CCCCCC(C(=O)Nc1cccc2cccnc12)(C(=O)Nc1cccc2cccnc12)c1ccccc1. The number of pyridine rings is 2. The smallest absolute Gasteiger partial charge is 0.244 e. The summed E-state index contributed by atoms with van der Waals surface area (Å²) < 4.78 is 0. The van der Waals surface area contributed by atoms with Crippen molar-refractivity contribution in [3.63, 3.8) is 0 Å². The van der Waals surface area contributed by atoms with Gasteiger partial charge in [0.25, 0.3) is 0 Å². The van der Waals surface area contributed by atoms with Crippen molar-refractivity contribution in [3.8, 4) is 0 Å². The predicted molar refractivity (Wildman–Crippen MR) is 164 cm³/mol. The molecule has 0 fully saturated rings. The van der Waals surface area contributed by atoms with Crippen molar-refractivity contribution >= 4 is 50.8 Å². The van der Waals surface area contributed by atoms with E-state index in [1.165, 1.54) is 0 Å². The Kier molecular flexibility index (Phi) is 8.94. The lowest BCUT2D eigenvalue weighted by atomic mass is 9.74. The number of aliphatic hydroxyl groups excluding tert-OH is 1. The van der Waals surface area contributed by atoms with E-state index in [0.29, 0.717) is 47.2 Å². The highest BCUT2D eigenvalue weighted by atomic mass is 16.3. The fourth-order valence-electron chi connectivity index (χ4n) is 5.30. The van der Waals surface area contributed by atoms with Crippen LogP contribution < -0.4 is 10.6 Å². The Morgan fingerprint density at radius 2 is 1.19 bits per heavy atom. The van der Waals surface area contributed by atoms with E-state index in [1.54, 1.807) is 36.7 Å². The lowest BCUT2D eigenvalue weighted by Gasteiger charge is -2.32. The van der Waals surface area contributed by atoms with E-state index in [0.717, 1.165) is 10.8 Å². The number of hydrogen-bond donors (Lipinski definition) is 3. The van der Waals surface area contributed by atoms with Crippen LogP contribution in [0.15, 0.2) is 103 Å². The molecular formula is C34H32N4O4. The van der Waals surface area contributed by atoms with Crippen LogP contribution in [0.2, 0.25) is 0 Å². The summed E-state index contributed by atoms with van der Waals surface area (Å²) in [4.78, 5) is 49.6. The maximum absolute atomic E-state index is 14.5. The summed E-state index contributed by atoms with van der Waals surface area (Å²) in [5.41, 5.74) is 1.19. The first-order valence-electron chi connectivity index (χ1n) is 14.0. The van der Waals surface area contributed by atoms with Gasteiger partial charge in [-0.05, 0) is 42.7 Å². The van der Waals surface area contributed by atoms with Crippen LogP contribution in [0.4, 0.5) is 11.4 Å². The number of hydrogen-bond acceptors (Lipinski definition) is 6. The number of fused-ring (bicyclic) bond motifs is 2. The lowest BCUT2D eigenvalue weighted by molar-refractivity contribution is -0.132. The molecule has 42 heavy (non-hydrogen) atoms. The third kappa shape index (κ3) is 6.04. The Balaban J connectivity index is 1.55. The Morgan fingerprint density at radius 1 is 0.643 bits per heavy atom. The number of unbranched alkanes of at least 4 members (excludes halogenated alkanes) is 2. The maximum Gasteiger partial charge on any atom is 0.244 e. The number of amides is 2. The van der Waals surface area contributed by atoms with Crippen molar-refractivity contribution in [1.82, 2.24) is 9.97 Å². The molecule has 0 saturated heterocycles. The zero-order valence-electron chi connectivity index (χ0n) is 23.1. The van der Waals surface area contributed by atoms with Gasteiger partial charge in [0.1, 0.15) is 6.61 Å². The number of rotatable bonds is 12. The average molecular weight is 561 g/mol. The number of anilines is 2. The Hall–Kier alpha value is -4.95. The molecule has 0 aliphatic carbocycles. The van der Waals surface area contributed by atoms with E-state index in [1.807, 2.05) is 66.7 Å². The minimum Gasteiger partial charge on any atom is -0.389 e. The molecule has 0 bridgehead atoms. The highest BCUT2D eigenvalue weighted by Gasteiger charge is 2.47. The first kappa shape index (κ1) is 28.6. The van der Waals surface area contributed by atoms with E-state index in [2.05, 4.69) is 20.6 Å². The third-order valence-electron chi connectivity index (χ3n) is 7.49. The summed E-state index contributed by atoms with van der Waals surface area (Å²) in [7, 11) is 0. The first-order valence-corrected chi connectivity index (χ1v) is 14.0. The number of para-hydroxylation sites is 2. The summed E-state index contributed by atoms with van der Waals surface area (Å²) in [5, 5.41) is 16.9. The number of nitrogens with zero attached hydrogens (tertiary/aromatic N) is 2. The highest BCUT2D eigenvalue weighted by Crippen LogP contribution is 2.35. The van der Waals surface area contributed by atoms with Gasteiger partial charge in [-0.3, -0.25) is 24.4 Å². The molecule has 2 amide bonds. The molecule has 212 valence electrons. The Bertz CT molecular complexity index is 1620. The van der Waals surface area contributed by atoms with E-state index in [-0.39, 0.29) is 18.6 Å². The molecule has 0 aliphatic heterocycles. The molecule has 8 heteroatoms. The first-order chi connectivity index (χ1) is 20.5. The van der Waals surface area contributed by atoms with Crippen LogP contribution in [0.3, 0.4) is 0 Å². The largest absolute Gasteiger partial charge is 0.389 e. The molecular weight excluding hydrogens is 528 g/mol. The van der Waals surface area contributed by atoms with Gasteiger partial charge in [0.05, 0.1) is 22.4 Å². The summed E-state index contributed by atoms with van der Waals surface area (Å²) in [6.45, 7) is -0.489. The van der Waals surface area contributed by atoms with Gasteiger partial charge in [0, 0.05) is 29.6 Å². The summed E-state index contributed by atoms with van der Waals surface area (Å²) >= 11 is 0. The second-order valence-corrected chi connectivity index (χ2v) is 10.2. The second-order valence-electron chi connectivity index (χ2n) is 10.2. The van der Waals surface area contributed by atoms with Gasteiger partial charge in [-0.1, -0.05) is 79.6 Å². The molecule has 0 saturated carbocycles. The van der Waals surface area contributed by atoms with Crippen molar-refractivity contribution in [3.05, 3.63) is 109 Å². The van der Waals surface area contributed by atoms with Gasteiger partial charge in [0.2, 0.25) is 11.8 Å². The van der Waals surface area contributed by atoms with Crippen LogP contribution in [0.25, 0.3) is 21.8 Å². The fourth-order valence-corrected chi connectivity index (χ4v) is 5.30. The molecule has 0 spiro atoms.